The van der Waals surface area contributed by atoms with Crippen LogP contribution in [-0.2, 0) is 17.5 Å². The predicted octanol–water partition coefficient (Wildman–Crippen LogP) is 5.47. The summed E-state index contributed by atoms with van der Waals surface area (Å²) in [4.78, 5) is 26.6. The smallest absolute Gasteiger partial charge is 0.340 e. The van der Waals surface area contributed by atoms with Crippen molar-refractivity contribution < 1.29 is 22.8 Å². The van der Waals surface area contributed by atoms with E-state index in [1.807, 2.05) is 31.2 Å². The Kier molecular flexibility index (Phi) is 6.01. The van der Waals surface area contributed by atoms with E-state index < -0.39 is 17.8 Å². The normalized spacial score (nSPS) is 12.7. The maximum Gasteiger partial charge on any atom is 0.416 e. The molecule has 0 radical (unpaired) electrons. The highest BCUT2D eigenvalue weighted by atomic mass is 19.4. The van der Waals surface area contributed by atoms with E-state index in [-0.39, 0.29) is 18.2 Å². The number of para-hydroxylation sites is 1. The van der Waals surface area contributed by atoms with Gasteiger partial charge in [0.1, 0.15) is 6.04 Å². The Morgan fingerprint density at radius 3 is 2.43 bits per heavy atom. The quantitative estimate of drug-likeness (QED) is 0.500. The number of hydrogen-bond acceptors (Lipinski definition) is 2. The van der Waals surface area contributed by atoms with Gasteiger partial charge in [-0.05, 0) is 37.1 Å². The Balaban J connectivity index is 1.90. The van der Waals surface area contributed by atoms with Crippen LogP contribution in [0.4, 0.5) is 13.2 Å². The number of Topliss-reactive ketones (excluding diaryl/α,β-unsaturated/α-hetero) is 1. The van der Waals surface area contributed by atoms with Crippen LogP contribution >= 0.6 is 0 Å². The lowest BCUT2D eigenvalue weighted by molar-refractivity contribution is -0.137. The summed E-state index contributed by atoms with van der Waals surface area (Å²) in [5, 5.41) is 0.775. The Morgan fingerprint density at radius 2 is 1.80 bits per heavy atom. The van der Waals surface area contributed by atoms with Gasteiger partial charge in [0.05, 0.1) is 5.56 Å². The van der Waals surface area contributed by atoms with Gasteiger partial charge >= 0.3 is 6.18 Å². The Morgan fingerprint density at radius 1 is 1.10 bits per heavy atom. The number of halogens is 3. The first-order valence-electron chi connectivity index (χ1n) is 9.65. The number of fused-ring (bicyclic) bond motifs is 1. The summed E-state index contributed by atoms with van der Waals surface area (Å²) in [5.74, 6) is -0.324. The molecule has 158 valence electrons. The number of hydrogen-bond donors (Lipinski definition) is 0. The number of amides is 1. The number of carbonyl (C=O) groups excluding carboxylic acids is 2. The molecule has 0 spiro atoms. The van der Waals surface area contributed by atoms with E-state index in [1.165, 1.54) is 17.9 Å². The highest BCUT2D eigenvalue weighted by Gasteiger charge is 2.31. The third-order valence-corrected chi connectivity index (χ3v) is 5.18. The number of nitrogens with zero attached hydrogens (tertiary/aromatic N) is 2. The number of carbonyl (C=O) groups is 2. The molecule has 30 heavy (non-hydrogen) atoms. The van der Waals surface area contributed by atoms with Crippen LogP contribution in [-0.4, -0.2) is 28.2 Å². The average Bonchev–Trinajstić information content (AvgIpc) is 3.08. The minimum absolute atomic E-state index is 0.0536. The largest absolute Gasteiger partial charge is 0.416 e. The third-order valence-electron chi connectivity index (χ3n) is 5.18. The molecule has 0 aliphatic rings. The second-order valence-corrected chi connectivity index (χ2v) is 7.34. The highest BCUT2D eigenvalue weighted by molar-refractivity contribution is 6.07. The molecular weight excluding hydrogens is 393 g/mol. The summed E-state index contributed by atoms with van der Waals surface area (Å²) in [5.41, 5.74) is 0.973. The monoisotopic (exact) mass is 416 g/mol. The maximum atomic E-state index is 13.2. The fourth-order valence-electron chi connectivity index (χ4n) is 3.69. The fourth-order valence-corrected chi connectivity index (χ4v) is 3.69. The first-order valence-corrected chi connectivity index (χ1v) is 9.65. The van der Waals surface area contributed by atoms with Crippen LogP contribution < -0.4 is 0 Å². The molecule has 1 unspecified atom stereocenters. The van der Waals surface area contributed by atoms with Gasteiger partial charge in [-0.15, -0.1) is 0 Å². The molecule has 0 aliphatic heterocycles. The predicted molar refractivity (Wildman–Crippen MR) is 109 cm³/mol. The molecule has 0 saturated heterocycles. The SMILES string of the molecule is CCC(C(=O)N(C)Cc1cccc(C(F)(F)F)c1)n1cc(C(C)=O)c2ccccc21. The van der Waals surface area contributed by atoms with E-state index in [0.717, 1.165) is 23.0 Å². The van der Waals surface area contributed by atoms with Crippen LogP contribution in [0.2, 0.25) is 0 Å². The van der Waals surface area contributed by atoms with Crippen molar-refractivity contribution in [2.75, 3.05) is 7.05 Å². The summed E-state index contributed by atoms with van der Waals surface area (Å²) in [6, 6.07) is 11.8. The number of benzene rings is 2. The molecular formula is C23H23F3N2O2. The zero-order valence-electron chi connectivity index (χ0n) is 17.0. The average molecular weight is 416 g/mol. The molecule has 0 N–H and O–H groups in total. The lowest BCUT2D eigenvalue weighted by atomic mass is 10.1. The molecule has 1 amide bonds. The van der Waals surface area contributed by atoms with Crippen molar-refractivity contribution in [2.24, 2.45) is 0 Å². The zero-order chi connectivity index (χ0) is 22.1. The molecule has 2 aromatic carbocycles. The molecule has 1 heterocycles. The van der Waals surface area contributed by atoms with Crippen molar-refractivity contribution in [3.05, 3.63) is 71.4 Å². The third kappa shape index (κ3) is 4.25. The molecule has 1 atom stereocenters. The van der Waals surface area contributed by atoms with Crippen LogP contribution in [0.25, 0.3) is 10.9 Å². The molecule has 3 rings (SSSR count). The molecule has 3 aromatic rings. The van der Waals surface area contributed by atoms with Crippen molar-refractivity contribution in [3.8, 4) is 0 Å². The molecule has 4 nitrogen and oxygen atoms in total. The molecule has 7 heteroatoms. The van der Waals surface area contributed by atoms with Crippen molar-refractivity contribution in [1.82, 2.24) is 9.47 Å². The summed E-state index contributed by atoms with van der Waals surface area (Å²) >= 11 is 0. The van der Waals surface area contributed by atoms with E-state index >= 15 is 0 Å². The van der Waals surface area contributed by atoms with E-state index in [2.05, 4.69) is 0 Å². The van der Waals surface area contributed by atoms with Gasteiger partial charge in [-0.3, -0.25) is 9.59 Å². The van der Waals surface area contributed by atoms with Crippen LogP contribution in [0.5, 0.6) is 0 Å². The second-order valence-electron chi connectivity index (χ2n) is 7.34. The molecule has 0 bridgehead atoms. The van der Waals surface area contributed by atoms with Gasteiger partial charge in [0.15, 0.2) is 5.78 Å². The first-order chi connectivity index (χ1) is 14.1. The van der Waals surface area contributed by atoms with E-state index in [9.17, 15) is 22.8 Å². The molecule has 0 aliphatic carbocycles. The summed E-state index contributed by atoms with van der Waals surface area (Å²) < 4.78 is 40.7. The molecule has 1 aromatic heterocycles. The Labute approximate surface area is 172 Å². The van der Waals surface area contributed by atoms with Gasteiger partial charge < -0.3 is 9.47 Å². The minimum atomic E-state index is -4.43. The van der Waals surface area contributed by atoms with Gasteiger partial charge in [0.2, 0.25) is 5.91 Å². The van der Waals surface area contributed by atoms with Crippen LogP contribution in [0, 0.1) is 0 Å². The highest BCUT2D eigenvalue weighted by Crippen LogP contribution is 2.30. The Bertz CT molecular complexity index is 1090. The number of ketones is 1. The maximum absolute atomic E-state index is 13.2. The number of alkyl halides is 3. The zero-order valence-corrected chi connectivity index (χ0v) is 17.0. The second kappa shape index (κ2) is 8.34. The number of likely N-dealkylation sites (N-methyl/N-ethyl adjacent to an activating group) is 1. The summed E-state index contributed by atoms with van der Waals surface area (Å²) in [7, 11) is 1.57. The van der Waals surface area contributed by atoms with Crippen molar-refractivity contribution >= 4 is 22.6 Å². The molecule has 0 saturated carbocycles. The van der Waals surface area contributed by atoms with Crippen LogP contribution in [0.15, 0.2) is 54.7 Å². The lowest BCUT2D eigenvalue weighted by Gasteiger charge is -2.25. The first kappa shape index (κ1) is 21.6. The van der Waals surface area contributed by atoms with E-state index in [1.54, 1.807) is 23.9 Å². The van der Waals surface area contributed by atoms with Gasteiger partial charge in [0, 0.05) is 36.3 Å². The number of aromatic nitrogens is 1. The van der Waals surface area contributed by atoms with Gasteiger partial charge in [-0.2, -0.15) is 13.2 Å². The fraction of sp³-hybridized carbons (Fsp3) is 0.304. The van der Waals surface area contributed by atoms with Crippen LogP contribution in [0.1, 0.15) is 47.8 Å². The van der Waals surface area contributed by atoms with Crippen molar-refractivity contribution in [2.45, 2.75) is 39.0 Å². The number of rotatable bonds is 6. The van der Waals surface area contributed by atoms with Crippen molar-refractivity contribution in [1.29, 1.82) is 0 Å². The van der Waals surface area contributed by atoms with E-state index in [4.69, 9.17) is 0 Å². The summed E-state index contributed by atoms with van der Waals surface area (Å²) in [6.45, 7) is 3.40. The van der Waals surface area contributed by atoms with Gasteiger partial charge in [0.25, 0.3) is 0 Å². The topological polar surface area (TPSA) is 42.3 Å². The van der Waals surface area contributed by atoms with Crippen molar-refractivity contribution in [3.63, 3.8) is 0 Å². The van der Waals surface area contributed by atoms with E-state index in [0.29, 0.717) is 17.5 Å². The molecule has 0 fully saturated rings. The van der Waals surface area contributed by atoms with Gasteiger partial charge in [-0.25, -0.2) is 0 Å². The lowest BCUT2D eigenvalue weighted by Crippen LogP contribution is -2.33. The minimum Gasteiger partial charge on any atom is -0.340 e. The Hall–Kier alpha value is -3.09. The van der Waals surface area contributed by atoms with Crippen LogP contribution in [0.3, 0.4) is 0 Å². The van der Waals surface area contributed by atoms with Gasteiger partial charge in [-0.1, -0.05) is 37.3 Å². The standard InChI is InChI=1S/C23H23F3N2O2/c1-4-20(28-14-19(15(2)29)18-10-5-6-11-21(18)28)22(30)27(3)13-16-8-7-9-17(12-16)23(24,25)26/h5-12,14,20H,4,13H2,1-3H3. The summed E-state index contributed by atoms with van der Waals surface area (Å²) in [6.07, 6.45) is -2.27.